The van der Waals surface area contributed by atoms with Gasteiger partial charge < -0.3 is 0 Å². The standard InChI is InChI=1S/C25H41F/c1-17(2)7-5-8-18-10-12-20-19-11-13-22-23(26)9-6-15-25(22,4)21(19)14-16-24(18,20)3/h18-23H,1,5-16H2,2-4H3. The van der Waals surface area contributed by atoms with Gasteiger partial charge in [0, 0.05) is 0 Å². The zero-order chi connectivity index (χ0) is 18.5. The Morgan fingerprint density at radius 1 is 0.923 bits per heavy atom. The van der Waals surface area contributed by atoms with Gasteiger partial charge in [-0.1, -0.05) is 19.4 Å². The van der Waals surface area contributed by atoms with Crippen LogP contribution in [0.3, 0.4) is 0 Å². The monoisotopic (exact) mass is 360 g/mol. The first-order valence-corrected chi connectivity index (χ1v) is 11.6. The summed E-state index contributed by atoms with van der Waals surface area (Å²) in [6, 6.07) is 0. The molecule has 0 saturated heterocycles. The summed E-state index contributed by atoms with van der Waals surface area (Å²) >= 11 is 0. The van der Waals surface area contributed by atoms with E-state index in [1.807, 2.05) is 0 Å². The third kappa shape index (κ3) is 2.91. The second kappa shape index (κ2) is 6.93. The maximum absolute atomic E-state index is 14.7. The molecule has 0 N–H and O–H groups in total. The molecule has 0 aliphatic heterocycles. The molecule has 0 nitrogen and oxygen atoms in total. The van der Waals surface area contributed by atoms with Gasteiger partial charge in [-0.2, -0.15) is 0 Å². The summed E-state index contributed by atoms with van der Waals surface area (Å²) in [6.45, 7) is 11.4. The molecular formula is C25H41F. The summed E-state index contributed by atoms with van der Waals surface area (Å²) in [5, 5.41) is 0. The van der Waals surface area contributed by atoms with E-state index in [0.717, 1.165) is 36.5 Å². The molecule has 0 heterocycles. The summed E-state index contributed by atoms with van der Waals surface area (Å²) in [4.78, 5) is 0. The Balaban J connectivity index is 1.50. The summed E-state index contributed by atoms with van der Waals surface area (Å²) in [6.07, 6.45) is 14.9. The molecule has 4 aliphatic rings. The normalized spacial score (nSPS) is 50.6. The highest BCUT2D eigenvalue weighted by atomic mass is 19.1. The number of allylic oxidation sites excluding steroid dienone is 1. The van der Waals surface area contributed by atoms with Crippen LogP contribution in [0, 0.1) is 40.4 Å². The van der Waals surface area contributed by atoms with Gasteiger partial charge >= 0.3 is 0 Å². The van der Waals surface area contributed by atoms with Crippen molar-refractivity contribution in [3.63, 3.8) is 0 Å². The molecular weight excluding hydrogens is 319 g/mol. The molecule has 0 radical (unpaired) electrons. The lowest BCUT2D eigenvalue weighted by atomic mass is 9.44. The van der Waals surface area contributed by atoms with Crippen molar-refractivity contribution in [2.24, 2.45) is 40.4 Å². The van der Waals surface area contributed by atoms with Crippen LogP contribution in [0.4, 0.5) is 4.39 Å². The average molecular weight is 361 g/mol. The van der Waals surface area contributed by atoms with Crippen molar-refractivity contribution in [3.8, 4) is 0 Å². The lowest BCUT2D eigenvalue weighted by Gasteiger charge is -2.61. The molecule has 8 atom stereocenters. The van der Waals surface area contributed by atoms with E-state index in [-0.39, 0.29) is 0 Å². The SMILES string of the molecule is C=C(C)CCCC1CCC2C3CCC4C(F)CCCC4(C)C3CCC12C. The van der Waals surface area contributed by atoms with Gasteiger partial charge in [-0.05, 0) is 124 Å². The Labute approximate surface area is 161 Å². The van der Waals surface area contributed by atoms with E-state index < -0.39 is 6.17 Å². The van der Waals surface area contributed by atoms with Gasteiger partial charge in [0.1, 0.15) is 6.17 Å². The lowest BCUT2D eigenvalue weighted by molar-refractivity contribution is -0.130. The zero-order valence-electron chi connectivity index (χ0n) is 17.5. The van der Waals surface area contributed by atoms with Crippen molar-refractivity contribution in [1.82, 2.24) is 0 Å². The van der Waals surface area contributed by atoms with Crippen molar-refractivity contribution in [2.75, 3.05) is 0 Å². The molecule has 0 aromatic heterocycles. The Morgan fingerprint density at radius 2 is 1.65 bits per heavy atom. The largest absolute Gasteiger partial charge is 0.247 e. The Morgan fingerprint density at radius 3 is 2.42 bits per heavy atom. The fourth-order valence-electron chi connectivity index (χ4n) is 8.56. The van der Waals surface area contributed by atoms with Crippen molar-refractivity contribution in [1.29, 1.82) is 0 Å². The number of hydrogen-bond acceptors (Lipinski definition) is 0. The van der Waals surface area contributed by atoms with Gasteiger partial charge in [-0.15, -0.1) is 6.58 Å². The van der Waals surface area contributed by atoms with Gasteiger partial charge in [0.25, 0.3) is 0 Å². The second-order valence-electron chi connectivity index (χ2n) is 11.1. The highest BCUT2D eigenvalue weighted by Crippen LogP contribution is 2.68. The Hall–Kier alpha value is -0.330. The van der Waals surface area contributed by atoms with Crippen LogP contribution in [-0.2, 0) is 0 Å². The van der Waals surface area contributed by atoms with Crippen LogP contribution in [0.25, 0.3) is 0 Å². The van der Waals surface area contributed by atoms with Crippen LogP contribution in [0.2, 0.25) is 0 Å². The van der Waals surface area contributed by atoms with Gasteiger partial charge in [0.15, 0.2) is 0 Å². The predicted octanol–water partition coefficient (Wildman–Crippen LogP) is 7.73. The fourth-order valence-corrected chi connectivity index (χ4v) is 8.56. The fraction of sp³-hybridized carbons (Fsp3) is 0.920. The van der Waals surface area contributed by atoms with E-state index >= 15 is 0 Å². The molecule has 4 aliphatic carbocycles. The van der Waals surface area contributed by atoms with Crippen molar-refractivity contribution in [2.45, 2.75) is 104 Å². The van der Waals surface area contributed by atoms with E-state index in [2.05, 4.69) is 27.4 Å². The number of halogens is 1. The van der Waals surface area contributed by atoms with Crippen LogP contribution < -0.4 is 0 Å². The maximum atomic E-state index is 14.7. The van der Waals surface area contributed by atoms with Gasteiger partial charge in [-0.3, -0.25) is 0 Å². The topological polar surface area (TPSA) is 0 Å². The molecule has 4 rings (SSSR count). The molecule has 0 amide bonds. The first-order valence-electron chi connectivity index (χ1n) is 11.6. The molecule has 1 heteroatoms. The van der Waals surface area contributed by atoms with E-state index in [1.54, 1.807) is 0 Å². The molecule has 0 aromatic rings. The number of rotatable bonds is 4. The van der Waals surface area contributed by atoms with Crippen molar-refractivity contribution < 1.29 is 4.39 Å². The summed E-state index contributed by atoms with van der Waals surface area (Å²) in [5.74, 6) is 3.93. The summed E-state index contributed by atoms with van der Waals surface area (Å²) in [7, 11) is 0. The Bertz CT molecular complexity index is 538. The molecule has 4 fully saturated rings. The minimum atomic E-state index is -0.513. The minimum absolute atomic E-state index is 0.306. The minimum Gasteiger partial charge on any atom is -0.247 e. The highest BCUT2D eigenvalue weighted by Gasteiger charge is 2.60. The summed E-state index contributed by atoms with van der Waals surface area (Å²) in [5.41, 5.74) is 2.22. The second-order valence-corrected chi connectivity index (χ2v) is 11.1. The maximum Gasteiger partial charge on any atom is 0.103 e. The Kier molecular flexibility index (Phi) is 5.06. The third-order valence-electron chi connectivity index (χ3n) is 9.93. The van der Waals surface area contributed by atoms with E-state index in [4.69, 9.17) is 0 Å². The number of fused-ring (bicyclic) bond motifs is 5. The van der Waals surface area contributed by atoms with Gasteiger partial charge in [-0.25, -0.2) is 4.39 Å². The highest BCUT2D eigenvalue weighted by molar-refractivity contribution is 5.09. The van der Waals surface area contributed by atoms with Crippen LogP contribution in [0.1, 0.15) is 97.8 Å². The van der Waals surface area contributed by atoms with Crippen molar-refractivity contribution >= 4 is 0 Å². The smallest absolute Gasteiger partial charge is 0.103 e. The molecule has 8 unspecified atom stereocenters. The van der Waals surface area contributed by atoms with Crippen molar-refractivity contribution in [3.05, 3.63) is 12.2 Å². The van der Waals surface area contributed by atoms with Crippen LogP contribution in [0.15, 0.2) is 12.2 Å². The third-order valence-corrected chi connectivity index (χ3v) is 9.93. The zero-order valence-corrected chi connectivity index (χ0v) is 17.5. The summed E-state index contributed by atoms with van der Waals surface area (Å²) < 4.78 is 14.7. The quantitative estimate of drug-likeness (QED) is 0.450. The molecule has 26 heavy (non-hydrogen) atoms. The number of hydrogen-bond donors (Lipinski definition) is 0. The van der Waals surface area contributed by atoms with Crippen LogP contribution in [-0.4, -0.2) is 6.17 Å². The average Bonchev–Trinajstić information content (AvgIpc) is 2.91. The molecule has 4 saturated carbocycles. The first-order chi connectivity index (χ1) is 12.4. The van der Waals surface area contributed by atoms with Crippen LogP contribution in [0.5, 0.6) is 0 Å². The van der Waals surface area contributed by atoms with Gasteiger partial charge in [0.05, 0.1) is 0 Å². The molecule has 0 aromatic carbocycles. The van der Waals surface area contributed by atoms with Gasteiger partial charge in [0.2, 0.25) is 0 Å². The van der Waals surface area contributed by atoms with E-state index in [1.165, 1.54) is 69.8 Å². The van der Waals surface area contributed by atoms with E-state index in [9.17, 15) is 4.39 Å². The molecule has 148 valence electrons. The first kappa shape index (κ1) is 19.0. The molecule has 0 bridgehead atoms. The number of alkyl halides is 1. The lowest BCUT2D eigenvalue weighted by Crippen LogP contribution is -2.54. The molecule has 0 spiro atoms. The van der Waals surface area contributed by atoms with Crippen LogP contribution >= 0.6 is 0 Å². The van der Waals surface area contributed by atoms with E-state index in [0.29, 0.717) is 16.7 Å². The predicted molar refractivity (Wildman–Crippen MR) is 109 cm³/mol.